The van der Waals surface area contributed by atoms with E-state index in [-0.39, 0.29) is 18.7 Å². The van der Waals surface area contributed by atoms with Gasteiger partial charge in [0.05, 0.1) is 17.7 Å². The van der Waals surface area contributed by atoms with Crippen LogP contribution in [-0.4, -0.2) is 34.7 Å². The summed E-state index contributed by atoms with van der Waals surface area (Å²) in [5.74, 6) is -1.97. The number of carbonyl (C=O) groups is 1. The number of halogens is 3. The number of fused-ring (bicyclic) bond motifs is 1. The lowest BCUT2D eigenvalue weighted by Gasteiger charge is -2.25. The van der Waals surface area contributed by atoms with Crippen LogP contribution in [0.15, 0.2) is 72.8 Å². The lowest BCUT2D eigenvalue weighted by molar-refractivity contribution is 0.0825. The fourth-order valence-electron chi connectivity index (χ4n) is 4.19. The quantitative estimate of drug-likeness (QED) is 0.266. The summed E-state index contributed by atoms with van der Waals surface area (Å²) in [6, 6.07) is 19.0. The molecule has 0 saturated heterocycles. The van der Waals surface area contributed by atoms with Gasteiger partial charge in [-0.1, -0.05) is 54.9 Å². The number of nitrogens with zero attached hydrogens (tertiary/aromatic N) is 1. The second-order valence-corrected chi connectivity index (χ2v) is 9.40. The molecule has 37 heavy (non-hydrogen) atoms. The normalized spacial score (nSPS) is 12.9. The Morgan fingerprint density at radius 1 is 0.973 bits per heavy atom. The van der Waals surface area contributed by atoms with Crippen LogP contribution in [0.3, 0.4) is 0 Å². The third kappa shape index (κ3) is 7.32. The molecule has 0 aliphatic heterocycles. The van der Waals surface area contributed by atoms with Crippen molar-refractivity contribution in [3.63, 3.8) is 0 Å². The molecule has 1 amide bonds. The van der Waals surface area contributed by atoms with Gasteiger partial charge in [0.25, 0.3) is 5.91 Å². The lowest BCUT2D eigenvalue weighted by atomic mass is 10.00. The number of hydrogen-bond donors (Lipinski definition) is 3. The van der Waals surface area contributed by atoms with E-state index in [0.717, 1.165) is 23.4 Å². The number of aliphatic hydroxyl groups excluding tert-OH is 1. The topological polar surface area (TPSA) is 74.2 Å². The fraction of sp³-hybridized carbons (Fsp3) is 0.241. The largest absolute Gasteiger partial charge is 0.390 e. The van der Waals surface area contributed by atoms with Crippen molar-refractivity contribution in [1.29, 1.82) is 0 Å². The zero-order valence-electron chi connectivity index (χ0n) is 20.3. The van der Waals surface area contributed by atoms with Crippen molar-refractivity contribution in [3.8, 4) is 0 Å². The van der Waals surface area contributed by atoms with E-state index in [9.17, 15) is 18.7 Å². The standard InChI is InChI=1S/C29H28ClF2N3O2/c1-2-18-4-3-5-19(10-18)16-33-17-28(36)27(13-20-11-23(31)15-24(32)12-20)35-29(37)25-9-7-21-6-8-22(30)14-26(21)34-25/h3-12,14-15,27-28,33,36H,2,13,16-17H2,1H3,(H,35,37)/t27-,28-/m0/s1. The van der Waals surface area contributed by atoms with E-state index in [4.69, 9.17) is 11.6 Å². The minimum Gasteiger partial charge on any atom is -0.390 e. The third-order valence-corrected chi connectivity index (χ3v) is 6.36. The number of nitrogens with one attached hydrogen (secondary N) is 2. The van der Waals surface area contributed by atoms with E-state index in [1.807, 2.05) is 12.1 Å². The molecular formula is C29H28ClF2N3O2. The first-order valence-corrected chi connectivity index (χ1v) is 12.5. The van der Waals surface area contributed by atoms with E-state index in [2.05, 4.69) is 34.7 Å². The average molecular weight is 524 g/mol. The smallest absolute Gasteiger partial charge is 0.270 e. The zero-order valence-corrected chi connectivity index (χ0v) is 21.1. The molecule has 5 nitrogen and oxygen atoms in total. The molecule has 2 atom stereocenters. The van der Waals surface area contributed by atoms with Crippen LogP contribution in [0.1, 0.15) is 34.1 Å². The summed E-state index contributed by atoms with van der Waals surface area (Å²) in [5, 5.41) is 18.3. The SMILES string of the molecule is CCc1cccc(CNC[C@H](O)[C@H](Cc2cc(F)cc(F)c2)NC(=O)c2ccc3ccc(Cl)cc3n2)c1. The summed E-state index contributed by atoms with van der Waals surface area (Å²) in [5.41, 5.74) is 3.29. The van der Waals surface area contributed by atoms with Gasteiger partial charge in [0, 0.05) is 29.6 Å². The van der Waals surface area contributed by atoms with Gasteiger partial charge in [-0.2, -0.15) is 0 Å². The van der Waals surface area contributed by atoms with Crippen molar-refractivity contribution in [3.05, 3.63) is 112 Å². The number of pyridine rings is 1. The van der Waals surface area contributed by atoms with Crippen LogP contribution in [0.4, 0.5) is 8.78 Å². The summed E-state index contributed by atoms with van der Waals surface area (Å²) in [4.78, 5) is 17.5. The Balaban J connectivity index is 1.50. The summed E-state index contributed by atoms with van der Waals surface area (Å²) < 4.78 is 27.6. The number of carbonyl (C=O) groups excluding carboxylic acids is 1. The molecule has 0 unspecified atom stereocenters. The Bertz CT molecular complexity index is 1380. The van der Waals surface area contributed by atoms with Crippen molar-refractivity contribution >= 4 is 28.4 Å². The molecule has 4 rings (SSSR count). The van der Waals surface area contributed by atoms with Crippen LogP contribution >= 0.6 is 11.6 Å². The predicted molar refractivity (Wildman–Crippen MR) is 142 cm³/mol. The van der Waals surface area contributed by atoms with Crippen LogP contribution in [0.2, 0.25) is 5.02 Å². The molecule has 0 bridgehead atoms. The molecule has 4 aromatic rings. The molecule has 8 heteroatoms. The maximum Gasteiger partial charge on any atom is 0.270 e. The molecule has 0 spiro atoms. The third-order valence-electron chi connectivity index (χ3n) is 6.13. The van der Waals surface area contributed by atoms with Crippen LogP contribution in [0, 0.1) is 11.6 Å². The Hall–Kier alpha value is -3.39. The molecule has 192 valence electrons. The predicted octanol–water partition coefficient (Wildman–Crippen LogP) is 5.22. The number of amides is 1. The van der Waals surface area contributed by atoms with Crippen LogP contribution in [-0.2, 0) is 19.4 Å². The molecule has 3 aromatic carbocycles. The molecule has 0 fully saturated rings. The highest BCUT2D eigenvalue weighted by Gasteiger charge is 2.23. The molecule has 1 heterocycles. The number of rotatable bonds is 10. The number of aryl methyl sites for hydroxylation is 1. The minimum absolute atomic E-state index is 0.0218. The van der Waals surface area contributed by atoms with Crippen molar-refractivity contribution in [2.75, 3.05) is 6.54 Å². The lowest BCUT2D eigenvalue weighted by Crippen LogP contribution is -2.48. The van der Waals surface area contributed by atoms with Crippen molar-refractivity contribution in [2.24, 2.45) is 0 Å². The van der Waals surface area contributed by atoms with E-state index in [1.54, 1.807) is 30.3 Å². The zero-order chi connectivity index (χ0) is 26.4. The summed E-state index contributed by atoms with van der Waals surface area (Å²) in [6.07, 6.45) is -0.0999. The van der Waals surface area contributed by atoms with Gasteiger partial charge in [0.1, 0.15) is 17.3 Å². The molecule has 3 N–H and O–H groups in total. The number of aliphatic hydroxyl groups is 1. The van der Waals surface area contributed by atoms with E-state index in [1.165, 1.54) is 17.7 Å². The van der Waals surface area contributed by atoms with Gasteiger partial charge in [0.15, 0.2) is 0 Å². The van der Waals surface area contributed by atoms with E-state index in [0.29, 0.717) is 22.6 Å². The first kappa shape index (κ1) is 26.7. The van der Waals surface area contributed by atoms with Gasteiger partial charge >= 0.3 is 0 Å². The molecule has 1 aromatic heterocycles. The molecule has 0 saturated carbocycles. The first-order chi connectivity index (χ1) is 17.8. The molecule has 0 aliphatic rings. The maximum atomic E-state index is 13.8. The first-order valence-electron chi connectivity index (χ1n) is 12.1. The molecule has 0 radical (unpaired) electrons. The Kier molecular flexibility index (Phi) is 8.82. The second kappa shape index (κ2) is 12.2. The van der Waals surface area contributed by atoms with Crippen molar-refractivity contribution in [2.45, 2.75) is 38.5 Å². The van der Waals surface area contributed by atoms with Gasteiger partial charge < -0.3 is 15.7 Å². The van der Waals surface area contributed by atoms with Gasteiger partial charge in [-0.25, -0.2) is 13.8 Å². The monoisotopic (exact) mass is 523 g/mol. The summed E-state index contributed by atoms with van der Waals surface area (Å²) >= 11 is 6.06. The Labute approximate surface area is 219 Å². The van der Waals surface area contributed by atoms with Gasteiger partial charge in [-0.15, -0.1) is 0 Å². The van der Waals surface area contributed by atoms with Crippen molar-refractivity contribution in [1.82, 2.24) is 15.6 Å². The maximum absolute atomic E-state index is 13.8. The van der Waals surface area contributed by atoms with Crippen LogP contribution < -0.4 is 10.6 Å². The van der Waals surface area contributed by atoms with Crippen LogP contribution in [0.5, 0.6) is 0 Å². The van der Waals surface area contributed by atoms with Crippen molar-refractivity contribution < 1.29 is 18.7 Å². The number of aromatic nitrogens is 1. The Morgan fingerprint density at radius 2 is 1.70 bits per heavy atom. The molecular weight excluding hydrogens is 496 g/mol. The Morgan fingerprint density at radius 3 is 2.46 bits per heavy atom. The number of hydrogen-bond acceptors (Lipinski definition) is 4. The van der Waals surface area contributed by atoms with Gasteiger partial charge in [-0.05, 0) is 59.9 Å². The highest BCUT2D eigenvalue weighted by atomic mass is 35.5. The highest BCUT2D eigenvalue weighted by Crippen LogP contribution is 2.18. The van der Waals surface area contributed by atoms with Crippen LogP contribution in [0.25, 0.3) is 10.9 Å². The minimum atomic E-state index is -1.04. The fourth-order valence-corrected chi connectivity index (χ4v) is 4.36. The van der Waals surface area contributed by atoms with E-state index >= 15 is 0 Å². The summed E-state index contributed by atoms with van der Waals surface area (Å²) in [6.45, 7) is 2.75. The second-order valence-electron chi connectivity index (χ2n) is 8.97. The highest BCUT2D eigenvalue weighted by molar-refractivity contribution is 6.31. The summed E-state index contributed by atoms with van der Waals surface area (Å²) in [7, 11) is 0. The van der Waals surface area contributed by atoms with E-state index < -0.39 is 29.7 Å². The average Bonchev–Trinajstić information content (AvgIpc) is 2.87. The molecule has 0 aliphatic carbocycles. The van der Waals surface area contributed by atoms with Gasteiger partial charge in [0.2, 0.25) is 0 Å². The number of benzene rings is 3. The van der Waals surface area contributed by atoms with Gasteiger partial charge in [-0.3, -0.25) is 4.79 Å².